The summed E-state index contributed by atoms with van der Waals surface area (Å²) in [4.78, 5) is 12.3. The first-order valence-corrected chi connectivity index (χ1v) is 8.30. The monoisotopic (exact) mass is 340 g/mol. The van der Waals surface area contributed by atoms with Gasteiger partial charge in [0.05, 0.1) is 23.4 Å². The molecular weight excluding hydrogens is 324 g/mol. The Balaban J connectivity index is 1.90. The van der Waals surface area contributed by atoms with Gasteiger partial charge >= 0.3 is 6.09 Å². The molecule has 122 valence electrons. The summed E-state index contributed by atoms with van der Waals surface area (Å²) in [5.74, 6) is 0. The average Bonchev–Trinajstić information content (AvgIpc) is 3.25. The van der Waals surface area contributed by atoms with E-state index in [-0.39, 0.29) is 0 Å². The summed E-state index contributed by atoms with van der Waals surface area (Å²) in [7, 11) is 0. The Hall–Kier alpha value is -2.93. The number of ether oxygens (including phenoxy) is 1. The van der Waals surface area contributed by atoms with E-state index < -0.39 is 6.09 Å². The largest absolute Gasteiger partial charge is 0.449 e. The van der Waals surface area contributed by atoms with Gasteiger partial charge in [-0.3, -0.25) is 0 Å². The second-order valence-electron chi connectivity index (χ2n) is 4.78. The molecule has 3 aromatic rings. The van der Waals surface area contributed by atoms with Crippen LogP contribution in [0.1, 0.15) is 12.5 Å². The van der Waals surface area contributed by atoms with Crippen LogP contribution in [0, 0.1) is 0 Å². The van der Waals surface area contributed by atoms with Crippen LogP contribution < -0.4 is 5.43 Å². The molecular formula is C17H16N4O2S. The van der Waals surface area contributed by atoms with Crippen molar-refractivity contribution in [1.29, 1.82) is 0 Å². The van der Waals surface area contributed by atoms with Gasteiger partial charge in [-0.15, -0.1) is 11.3 Å². The summed E-state index contributed by atoms with van der Waals surface area (Å²) in [5, 5.41) is 10.6. The third-order valence-corrected chi connectivity index (χ3v) is 4.03. The molecule has 1 aromatic carbocycles. The van der Waals surface area contributed by atoms with Gasteiger partial charge in [0.15, 0.2) is 0 Å². The molecule has 1 amide bonds. The Morgan fingerprint density at radius 1 is 1.33 bits per heavy atom. The zero-order chi connectivity index (χ0) is 16.8. The number of carbonyl (C=O) groups excluding carboxylic acids is 1. The van der Waals surface area contributed by atoms with Gasteiger partial charge in [0.1, 0.15) is 5.69 Å². The van der Waals surface area contributed by atoms with Crippen molar-refractivity contribution in [2.45, 2.75) is 6.92 Å². The van der Waals surface area contributed by atoms with E-state index in [9.17, 15) is 4.79 Å². The summed E-state index contributed by atoms with van der Waals surface area (Å²) in [6, 6.07) is 13.8. The molecule has 1 N–H and O–H groups in total. The van der Waals surface area contributed by atoms with Gasteiger partial charge < -0.3 is 4.74 Å². The van der Waals surface area contributed by atoms with Crippen LogP contribution in [-0.4, -0.2) is 28.7 Å². The van der Waals surface area contributed by atoms with Crippen molar-refractivity contribution in [2.24, 2.45) is 5.10 Å². The highest BCUT2D eigenvalue weighted by Gasteiger charge is 2.12. The van der Waals surface area contributed by atoms with Crippen LogP contribution in [0.2, 0.25) is 0 Å². The first-order chi connectivity index (χ1) is 11.8. The fourth-order valence-corrected chi connectivity index (χ4v) is 2.85. The first kappa shape index (κ1) is 15.9. The lowest BCUT2D eigenvalue weighted by molar-refractivity contribution is 0.152. The number of carbonyl (C=O) groups is 1. The van der Waals surface area contributed by atoms with E-state index in [0.29, 0.717) is 6.61 Å². The molecule has 7 heteroatoms. The number of thiophene rings is 1. The SMILES string of the molecule is CCOC(=O)N/N=C/c1cn(-c2ccccc2)nc1-c1cccs1. The molecule has 0 fully saturated rings. The number of para-hydroxylation sites is 1. The average molecular weight is 340 g/mol. The van der Waals surface area contributed by atoms with Crippen LogP contribution >= 0.6 is 11.3 Å². The highest BCUT2D eigenvalue weighted by molar-refractivity contribution is 7.13. The molecule has 0 bridgehead atoms. The van der Waals surface area contributed by atoms with Crippen LogP contribution in [0.25, 0.3) is 16.3 Å². The van der Waals surface area contributed by atoms with Gasteiger partial charge in [-0.25, -0.2) is 14.9 Å². The number of hydrogen-bond donors (Lipinski definition) is 1. The number of benzene rings is 1. The van der Waals surface area contributed by atoms with Crippen molar-refractivity contribution in [3.63, 3.8) is 0 Å². The zero-order valence-corrected chi connectivity index (χ0v) is 13.9. The smallest absolute Gasteiger partial charge is 0.427 e. The molecule has 0 radical (unpaired) electrons. The van der Waals surface area contributed by atoms with E-state index in [0.717, 1.165) is 21.8 Å². The quantitative estimate of drug-likeness (QED) is 0.569. The third-order valence-electron chi connectivity index (χ3n) is 3.15. The van der Waals surface area contributed by atoms with E-state index in [1.165, 1.54) is 0 Å². The Morgan fingerprint density at radius 2 is 2.17 bits per heavy atom. The highest BCUT2D eigenvalue weighted by atomic mass is 32.1. The molecule has 0 aliphatic heterocycles. The van der Waals surface area contributed by atoms with E-state index in [4.69, 9.17) is 4.74 Å². The van der Waals surface area contributed by atoms with Crippen LogP contribution in [0.15, 0.2) is 59.1 Å². The van der Waals surface area contributed by atoms with E-state index >= 15 is 0 Å². The van der Waals surface area contributed by atoms with Gasteiger partial charge in [0, 0.05) is 11.8 Å². The second-order valence-corrected chi connectivity index (χ2v) is 5.73. The Morgan fingerprint density at radius 3 is 2.88 bits per heavy atom. The zero-order valence-electron chi connectivity index (χ0n) is 13.0. The van der Waals surface area contributed by atoms with Gasteiger partial charge in [-0.05, 0) is 30.5 Å². The molecule has 0 aliphatic carbocycles. The molecule has 0 atom stereocenters. The van der Waals surface area contributed by atoms with E-state index in [1.807, 2.05) is 54.0 Å². The number of aromatic nitrogens is 2. The number of hydrazone groups is 1. The number of nitrogens with one attached hydrogen (secondary N) is 1. The molecule has 0 spiro atoms. The van der Waals surface area contributed by atoms with Crippen LogP contribution in [-0.2, 0) is 4.74 Å². The maximum atomic E-state index is 11.3. The molecule has 2 heterocycles. The first-order valence-electron chi connectivity index (χ1n) is 7.42. The second kappa shape index (κ2) is 7.56. The molecule has 2 aromatic heterocycles. The normalized spacial score (nSPS) is 10.9. The molecule has 0 aliphatic rings. The number of amides is 1. The van der Waals surface area contributed by atoms with Crippen LogP contribution in [0.3, 0.4) is 0 Å². The topological polar surface area (TPSA) is 68.5 Å². The van der Waals surface area contributed by atoms with Gasteiger partial charge in [0.2, 0.25) is 0 Å². The molecule has 0 unspecified atom stereocenters. The summed E-state index contributed by atoms with van der Waals surface area (Å²) < 4.78 is 6.57. The van der Waals surface area contributed by atoms with Gasteiger partial charge in [-0.1, -0.05) is 24.3 Å². The Kier molecular flexibility index (Phi) is 5.02. The third kappa shape index (κ3) is 3.69. The molecule has 6 nitrogen and oxygen atoms in total. The Labute approximate surface area is 143 Å². The summed E-state index contributed by atoms with van der Waals surface area (Å²) in [5.41, 5.74) is 4.89. The maximum Gasteiger partial charge on any atom is 0.427 e. The Bertz CT molecular complexity index is 826. The molecule has 0 saturated heterocycles. The van der Waals surface area contributed by atoms with Gasteiger partial charge in [-0.2, -0.15) is 10.2 Å². The predicted octanol–water partition coefficient (Wildman–Crippen LogP) is 3.68. The lowest BCUT2D eigenvalue weighted by Gasteiger charge is -1.98. The number of nitrogens with zero attached hydrogens (tertiary/aromatic N) is 3. The van der Waals surface area contributed by atoms with Crippen molar-refractivity contribution in [1.82, 2.24) is 15.2 Å². The number of rotatable bonds is 5. The molecule has 24 heavy (non-hydrogen) atoms. The molecule has 3 rings (SSSR count). The summed E-state index contributed by atoms with van der Waals surface area (Å²) in [6.07, 6.45) is 2.86. The predicted molar refractivity (Wildman–Crippen MR) is 94.6 cm³/mol. The van der Waals surface area contributed by atoms with E-state index in [1.54, 1.807) is 29.2 Å². The van der Waals surface area contributed by atoms with Crippen molar-refractivity contribution >= 4 is 23.6 Å². The lowest BCUT2D eigenvalue weighted by Crippen LogP contribution is -2.18. The minimum absolute atomic E-state index is 0.299. The van der Waals surface area contributed by atoms with Crippen LogP contribution in [0.5, 0.6) is 0 Å². The van der Waals surface area contributed by atoms with Crippen molar-refractivity contribution in [3.8, 4) is 16.3 Å². The summed E-state index contributed by atoms with van der Waals surface area (Å²) >= 11 is 1.60. The minimum Gasteiger partial charge on any atom is -0.449 e. The highest BCUT2D eigenvalue weighted by Crippen LogP contribution is 2.26. The minimum atomic E-state index is -0.582. The number of hydrogen-bond acceptors (Lipinski definition) is 5. The van der Waals surface area contributed by atoms with Gasteiger partial charge in [0.25, 0.3) is 0 Å². The standard InChI is InChI=1S/C17H16N4O2S/c1-2-23-17(22)19-18-11-13-12-21(14-7-4-3-5-8-14)20-16(13)15-9-6-10-24-15/h3-12H,2H2,1H3,(H,19,22)/b18-11+. The maximum absolute atomic E-state index is 11.3. The fraction of sp³-hybridized carbons (Fsp3) is 0.118. The van der Waals surface area contributed by atoms with Crippen molar-refractivity contribution in [3.05, 3.63) is 59.6 Å². The fourth-order valence-electron chi connectivity index (χ4n) is 2.12. The van der Waals surface area contributed by atoms with Crippen LogP contribution in [0.4, 0.5) is 4.79 Å². The summed E-state index contributed by atoms with van der Waals surface area (Å²) in [6.45, 7) is 2.04. The van der Waals surface area contributed by atoms with E-state index in [2.05, 4.69) is 15.6 Å². The van der Waals surface area contributed by atoms with Crippen molar-refractivity contribution in [2.75, 3.05) is 6.61 Å². The molecule has 0 saturated carbocycles. The lowest BCUT2D eigenvalue weighted by atomic mass is 10.2. The van der Waals surface area contributed by atoms with Crippen molar-refractivity contribution < 1.29 is 9.53 Å².